The minimum absolute atomic E-state index is 0.0913. The van der Waals surface area contributed by atoms with E-state index in [2.05, 4.69) is 11.4 Å². The quantitative estimate of drug-likeness (QED) is 0.777. The molecule has 82 valence electrons. The third-order valence-electron chi connectivity index (χ3n) is 2.50. The van der Waals surface area contributed by atoms with Gasteiger partial charge in [-0.3, -0.25) is 4.79 Å². The Labute approximate surface area is 93.1 Å². The van der Waals surface area contributed by atoms with E-state index in [-0.39, 0.29) is 12.5 Å². The summed E-state index contributed by atoms with van der Waals surface area (Å²) in [5.41, 5.74) is 0. The van der Waals surface area contributed by atoms with Crippen molar-refractivity contribution in [3.05, 3.63) is 22.4 Å². The summed E-state index contributed by atoms with van der Waals surface area (Å²) in [7, 11) is 0. The molecule has 0 saturated heterocycles. The summed E-state index contributed by atoms with van der Waals surface area (Å²) in [6, 6.07) is 4.73. The van der Waals surface area contributed by atoms with Crippen molar-refractivity contribution < 1.29 is 9.90 Å². The molecule has 0 radical (unpaired) electrons. The molecule has 0 bridgehead atoms. The van der Waals surface area contributed by atoms with Gasteiger partial charge in [-0.25, -0.2) is 0 Å². The fraction of sp³-hybridized carbons (Fsp3) is 0.545. The second-order valence-corrected chi connectivity index (χ2v) is 5.05. The second-order valence-electron chi connectivity index (χ2n) is 4.02. The SMILES string of the molecule is O=C(O)CC(Cc1cccs1)NC1CC1. The van der Waals surface area contributed by atoms with E-state index >= 15 is 0 Å². The topological polar surface area (TPSA) is 49.3 Å². The average Bonchev–Trinajstić information content (AvgIpc) is 2.80. The van der Waals surface area contributed by atoms with E-state index in [0.717, 1.165) is 6.42 Å². The lowest BCUT2D eigenvalue weighted by molar-refractivity contribution is -0.137. The van der Waals surface area contributed by atoms with Crippen LogP contribution in [0.25, 0.3) is 0 Å². The maximum absolute atomic E-state index is 10.7. The van der Waals surface area contributed by atoms with Gasteiger partial charge in [0, 0.05) is 17.0 Å². The second kappa shape index (κ2) is 4.77. The number of hydrogen-bond donors (Lipinski definition) is 2. The number of carbonyl (C=O) groups is 1. The Morgan fingerprint density at radius 2 is 2.47 bits per heavy atom. The third kappa shape index (κ3) is 3.64. The number of nitrogens with one attached hydrogen (secondary N) is 1. The van der Waals surface area contributed by atoms with E-state index < -0.39 is 5.97 Å². The standard InChI is InChI=1S/C11H15NO2S/c13-11(14)7-9(12-8-3-4-8)6-10-2-1-5-15-10/h1-2,5,8-9,12H,3-4,6-7H2,(H,13,14). The van der Waals surface area contributed by atoms with E-state index in [4.69, 9.17) is 5.11 Å². The lowest BCUT2D eigenvalue weighted by Crippen LogP contribution is -2.34. The van der Waals surface area contributed by atoms with E-state index in [0.29, 0.717) is 6.04 Å². The average molecular weight is 225 g/mol. The van der Waals surface area contributed by atoms with Crippen molar-refractivity contribution in [1.29, 1.82) is 0 Å². The zero-order chi connectivity index (χ0) is 10.7. The van der Waals surface area contributed by atoms with Crippen LogP contribution in [-0.4, -0.2) is 23.2 Å². The van der Waals surface area contributed by atoms with Gasteiger partial charge in [0.05, 0.1) is 6.42 Å². The summed E-state index contributed by atoms with van der Waals surface area (Å²) in [6.07, 6.45) is 3.44. The fourth-order valence-corrected chi connectivity index (χ4v) is 2.44. The summed E-state index contributed by atoms with van der Waals surface area (Å²) < 4.78 is 0. The van der Waals surface area contributed by atoms with Crippen LogP contribution in [0.15, 0.2) is 17.5 Å². The van der Waals surface area contributed by atoms with Gasteiger partial charge in [-0.1, -0.05) is 6.07 Å². The van der Waals surface area contributed by atoms with Crippen LogP contribution in [0, 0.1) is 0 Å². The molecule has 1 heterocycles. The van der Waals surface area contributed by atoms with Crippen LogP contribution >= 0.6 is 11.3 Å². The Hall–Kier alpha value is -0.870. The highest BCUT2D eigenvalue weighted by Crippen LogP contribution is 2.21. The van der Waals surface area contributed by atoms with Crippen LogP contribution < -0.4 is 5.32 Å². The molecule has 2 rings (SSSR count). The Balaban J connectivity index is 1.88. The summed E-state index contributed by atoms with van der Waals surface area (Å²) in [6.45, 7) is 0. The highest BCUT2D eigenvalue weighted by molar-refractivity contribution is 7.09. The molecule has 2 N–H and O–H groups in total. The molecule has 3 nitrogen and oxygen atoms in total. The summed E-state index contributed by atoms with van der Waals surface area (Å²) in [4.78, 5) is 12.0. The highest BCUT2D eigenvalue weighted by Gasteiger charge is 2.25. The lowest BCUT2D eigenvalue weighted by atomic mass is 10.1. The fourth-order valence-electron chi connectivity index (χ4n) is 1.66. The van der Waals surface area contributed by atoms with Crippen LogP contribution in [0.1, 0.15) is 24.1 Å². The van der Waals surface area contributed by atoms with Crippen LogP contribution in [0.5, 0.6) is 0 Å². The highest BCUT2D eigenvalue weighted by atomic mass is 32.1. The molecule has 0 aromatic carbocycles. The smallest absolute Gasteiger partial charge is 0.304 e. The van der Waals surface area contributed by atoms with Crippen molar-refractivity contribution in [1.82, 2.24) is 5.32 Å². The minimum atomic E-state index is -0.718. The number of thiophene rings is 1. The first kappa shape index (κ1) is 10.6. The van der Waals surface area contributed by atoms with E-state index in [1.165, 1.54) is 17.7 Å². The number of hydrogen-bond acceptors (Lipinski definition) is 3. The number of carboxylic acid groups (broad SMARTS) is 1. The van der Waals surface area contributed by atoms with Gasteiger partial charge in [0.25, 0.3) is 0 Å². The molecule has 0 spiro atoms. The molecular weight excluding hydrogens is 210 g/mol. The third-order valence-corrected chi connectivity index (χ3v) is 3.40. The van der Waals surface area contributed by atoms with Crippen LogP contribution in [-0.2, 0) is 11.2 Å². The predicted molar refractivity (Wildman–Crippen MR) is 60.2 cm³/mol. The van der Waals surface area contributed by atoms with Crippen molar-refractivity contribution >= 4 is 17.3 Å². The van der Waals surface area contributed by atoms with Crippen molar-refractivity contribution in [3.8, 4) is 0 Å². The normalized spacial score (nSPS) is 17.6. The van der Waals surface area contributed by atoms with Gasteiger partial charge >= 0.3 is 5.97 Å². The lowest BCUT2D eigenvalue weighted by Gasteiger charge is -2.15. The Morgan fingerprint density at radius 1 is 1.67 bits per heavy atom. The molecule has 0 amide bonds. The van der Waals surface area contributed by atoms with Crippen molar-refractivity contribution in [2.24, 2.45) is 0 Å². The van der Waals surface area contributed by atoms with Crippen molar-refractivity contribution in [2.45, 2.75) is 37.8 Å². The van der Waals surface area contributed by atoms with Crippen LogP contribution in [0.4, 0.5) is 0 Å². The first-order chi connectivity index (χ1) is 7.24. The molecule has 1 aromatic heterocycles. The molecule has 4 heteroatoms. The molecule has 1 unspecified atom stereocenters. The number of carboxylic acids is 1. The predicted octanol–water partition coefficient (Wildman–Crippen LogP) is 1.89. The molecule has 1 aliphatic carbocycles. The van der Waals surface area contributed by atoms with Crippen molar-refractivity contribution in [2.75, 3.05) is 0 Å². The molecule has 1 aliphatic rings. The first-order valence-corrected chi connectivity index (χ1v) is 6.12. The van der Waals surface area contributed by atoms with Crippen LogP contribution in [0.3, 0.4) is 0 Å². The van der Waals surface area contributed by atoms with Gasteiger partial charge in [-0.2, -0.15) is 0 Å². The zero-order valence-electron chi connectivity index (χ0n) is 8.48. The van der Waals surface area contributed by atoms with Gasteiger partial charge in [0.2, 0.25) is 0 Å². The van der Waals surface area contributed by atoms with E-state index in [1.54, 1.807) is 11.3 Å². The summed E-state index contributed by atoms with van der Waals surface area (Å²) in [5, 5.41) is 14.2. The molecule has 1 saturated carbocycles. The van der Waals surface area contributed by atoms with E-state index in [9.17, 15) is 4.79 Å². The molecule has 0 aliphatic heterocycles. The maximum Gasteiger partial charge on any atom is 0.304 e. The van der Waals surface area contributed by atoms with Gasteiger partial charge < -0.3 is 10.4 Å². The van der Waals surface area contributed by atoms with Crippen molar-refractivity contribution in [3.63, 3.8) is 0 Å². The van der Waals surface area contributed by atoms with Crippen LogP contribution in [0.2, 0.25) is 0 Å². The Bertz CT molecular complexity index is 319. The monoisotopic (exact) mass is 225 g/mol. The van der Waals surface area contributed by atoms with Gasteiger partial charge in [-0.05, 0) is 30.7 Å². The molecule has 1 aromatic rings. The number of rotatable bonds is 6. The van der Waals surface area contributed by atoms with Gasteiger partial charge in [0.15, 0.2) is 0 Å². The largest absolute Gasteiger partial charge is 0.481 e. The Morgan fingerprint density at radius 3 is 3.00 bits per heavy atom. The maximum atomic E-state index is 10.7. The molecule has 1 fully saturated rings. The zero-order valence-corrected chi connectivity index (χ0v) is 9.30. The van der Waals surface area contributed by atoms with Gasteiger partial charge in [0.1, 0.15) is 0 Å². The first-order valence-electron chi connectivity index (χ1n) is 5.24. The minimum Gasteiger partial charge on any atom is -0.481 e. The molecule has 15 heavy (non-hydrogen) atoms. The summed E-state index contributed by atoms with van der Waals surface area (Å²) >= 11 is 1.69. The Kier molecular flexibility index (Phi) is 3.38. The number of aliphatic carboxylic acids is 1. The van der Waals surface area contributed by atoms with Gasteiger partial charge in [-0.15, -0.1) is 11.3 Å². The molecule has 1 atom stereocenters. The summed E-state index contributed by atoms with van der Waals surface area (Å²) in [5.74, 6) is -0.718. The molecular formula is C11H15NO2S. The van der Waals surface area contributed by atoms with E-state index in [1.807, 2.05) is 11.4 Å².